The Hall–Kier alpha value is -3.77. The Morgan fingerprint density at radius 1 is 1.03 bits per heavy atom. The fraction of sp³-hybridized carbons (Fsp3) is 0.160. The van der Waals surface area contributed by atoms with Crippen molar-refractivity contribution in [2.75, 3.05) is 11.9 Å². The topological polar surface area (TPSA) is 90.8 Å². The van der Waals surface area contributed by atoms with E-state index >= 15 is 0 Å². The number of anilines is 1. The van der Waals surface area contributed by atoms with E-state index in [4.69, 9.17) is 4.99 Å². The lowest BCUT2D eigenvalue weighted by molar-refractivity contribution is -0.115. The monoisotopic (exact) mass is 413 g/mol. The number of rotatable bonds is 7. The summed E-state index contributed by atoms with van der Waals surface area (Å²) in [5.41, 5.74) is 4.75. The number of fused-ring (bicyclic) bond motifs is 1. The minimum atomic E-state index is -1.03. The number of carbonyl (C=O) groups excluding carboxylic acids is 1. The number of aliphatic imine (C=N–C) groups is 1. The third kappa shape index (κ3) is 4.39. The summed E-state index contributed by atoms with van der Waals surface area (Å²) in [6.45, 7) is 3.75. The second kappa shape index (κ2) is 8.93. The standard InChI is InChI=1S/C25H23N3O3/c1-2-26-15-16-8-11-19(12-9-16)27-23(17-6-4-3-5-7-17)22-20-13-10-18(25(30)31)14-21(20)28-24(22)29/h3-14,22,26H,2,15H2,1H3,(H,28,29)(H,30,31). The molecule has 0 bridgehead atoms. The van der Waals surface area contributed by atoms with Gasteiger partial charge in [0.15, 0.2) is 0 Å². The molecule has 0 saturated carbocycles. The first kappa shape index (κ1) is 20.5. The zero-order chi connectivity index (χ0) is 21.8. The fourth-order valence-electron chi connectivity index (χ4n) is 3.67. The number of nitrogens with zero attached hydrogens (tertiary/aromatic N) is 1. The van der Waals surface area contributed by atoms with Gasteiger partial charge in [0.25, 0.3) is 0 Å². The van der Waals surface area contributed by atoms with Gasteiger partial charge in [-0.1, -0.05) is 55.5 Å². The number of carbonyl (C=O) groups is 2. The lowest BCUT2D eigenvalue weighted by Gasteiger charge is -2.14. The molecular weight excluding hydrogens is 390 g/mol. The largest absolute Gasteiger partial charge is 0.478 e. The molecule has 156 valence electrons. The molecule has 6 nitrogen and oxygen atoms in total. The lowest BCUT2D eigenvalue weighted by atomic mass is 9.90. The number of carboxylic acids is 1. The Morgan fingerprint density at radius 3 is 2.45 bits per heavy atom. The van der Waals surface area contributed by atoms with Crippen LogP contribution in [0.4, 0.5) is 11.4 Å². The Kier molecular flexibility index (Phi) is 5.91. The molecule has 0 aliphatic carbocycles. The zero-order valence-corrected chi connectivity index (χ0v) is 17.1. The van der Waals surface area contributed by atoms with Crippen molar-refractivity contribution in [1.82, 2.24) is 5.32 Å². The van der Waals surface area contributed by atoms with Gasteiger partial charge in [-0.15, -0.1) is 0 Å². The van der Waals surface area contributed by atoms with Crippen molar-refractivity contribution in [3.05, 3.63) is 95.1 Å². The van der Waals surface area contributed by atoms with Crippen molar-refractivity contribution >= 4 is 29.0 Å². The van der Waals surface area contributed by atoms with E-state index in [0.29, 0.717) is 11.4 Å². The summed E-state index contributed by atoms with van der Waals surface area (Å²) in [6, 6.07) is 22.2. The maximum absolute atomic E-state index is 12.9. The number of hydrogen-bond donors (Lipinski definition) is 3. The molecule has 3 N–H and O–H groups in total. The van der Waals surface area contributed by atoms with Crippen LogP contribution in [0.1, 0.15) is 39.9 Å². The van der Waals surface area contributed by atoms with Gasteiger partial charge in [0, 0.05) is 12.2 Å². The molecule has 1 unspecified atom stereocenters. The highest BCUT2D eigenvalue weighted by atomic mass is 16.4. The van der Waals surface area contributed by atoms with Crippen LogP contribution in [-0.2, 0) is 11.3 Å². The van der Waals surface area contributed by atoms with Crippen LogP contribution in [0.25, 0.3) is 0 Å². The number of amides is 1. The first-order valence-corrected chi connectivity index (χ1v) is 10.2. The van der Waals surface area contributed by atoms with Gasteiger partial charge in [0.05, 0.1) is 17.0 Å². The van der Waals surface area contributed by atoms with E-state index in [0.717, 1.165) is 35.5 Å². The number of aromatic carboxylic acids is 1. The van der Waals surface area contributed by atoms with Crippen molar-refractivity contribution < 1.29 is 14.7 Å². The SMILES string of the molecule is CCNCc1ccc(N=C(c2ccccc2)C2C(=O)Nc3cc(C(=O)O)ccc32)cc1. The van der Waals surface area contributed by atoms with E-state index in [-0.39, 0.29) is 11.5 Å². The van der Waals surface area contributed by atoms with Gasteiger partial charge < -0.3 is 15.7 Å². The average Bonchev–Trinajstić information content (AvgIpc) is 3.12. The van der Waals surface area contributed by atoms with Gasteiger partial charge in [-0.2, -0.15) is 0 Å². The molecule has 1 heterocycles. The molecule has 0 fully saturated rings. The van der Waals surface area contributed by atoms with E-state index < -0.39 is 11.9 Å². The molecule has 6 heteroatoms. The normalized spacial score (nSPS) is 15.5. The Labute approximate surface area is 180 Å². The third-order valence-corrected chi connectivity index (χ3v) is 5.24. The maximum Gasteiger partial charge on any atom is 0.335 e. The van der Waals surface area contributed by atoms with Crippen LogP contribution in [0.3, 0.4) is 0 Å². The van der Waals surface area contributed by atoms with E-state index in [1.807, 2.05) is 54.6 Å². The molecule has 1 amide bonds. The fourth-order valence-corrected chi connectivity index (χ4v) is 3.67. The molecular formula is C25H23N3O3. The van der Waals surface area contributed by atoms with Gasteiger partial charge in [-0.25, -0.2) is 4.79 Å². The molecule has 1 atom stereocenters. The molecule has 3 aromatic carbocycles. The van der Waals surface area contributed by atoms with Crippen molar-refractivity contribution in [3.8, 4) is 0 Å². The van der Waals surface area contributed by atoms with E-state index in [1.54, 1.807) is 6.07 Å². The Bertz CT molecular complexity index is 1140. The minimum absolute atomic E-state index is 0.133. The summed E-state index contributed by atoms with van der Waals surface area (Å²) in [5.74, 6) is -1.87. The van der Waals surface area contributed by atoms with Crippen molar-refractivity contribution in [1.29, 1.82) is 0 Å². The summed E-state index contributed by atoms with van der Waals surface area (Å²) >= 11 is 0. The highest BCUT2D eigenvalue weighted by molar-refractivity contribution is 6.24. The maximum atomic E-state index is 12.9. The summed E-state index contributed by atoms with van der Waals surface area (Å²) in [4.78, 5) is 29.1. The van der Waals surface area contributed by atoms with Crippen LogP contribution < -0.4 is 10.6 Å². The lowest BCUT2D eigenvalue weighted by Crippen LogP contribution is -2.21. The van der Waals surface area contributed by atoms with Crippen molar-refractivity contribution in [2.24, 2.45) is 4.99 Å². The highest BCUT2D eigenvalue weighted by Crippen LogP contribution is 2.37. The number of hydrogen-bond acceptors (Lipinski definition) is 4. The average molecular weight is 413 g/mol. The molecule has 31 heavy (non-hydrogen) atoms. The van der Waals surface area contributed by atoms with Crippen LogP contribution in [-0.4, -0.2) is 29.2 Å². The van der Waals surface area contributed by atoms with E-state index in [2.05, 4.69) is 17.6 Å². The third-order valence-electron chi connectivity index (χ3n) is 5.24. The summed E-state index contributed by atoms with van der Waals surface area (Å²) in [7, 11) is 0. The molecule has 3 aromatic rings. The highest BCUT2D eigenvalue weighted by Gasteiger charge is 2.35. The number of carboxylic acid groups (broad SMARTS) is 1. The Balaban J connectivity index is 1.76. The second-order valence-electron chi connectivity index (χ2n) is 7.34. The molecule has 0 radical (unpaired) electrons. The smallest absolute Gasteiger partial charge is 0.335 e. The van der Waals surface area contributed by atoms with Gasteiger partial charge in [0.2, 0.25) is 5.91 Å². The second-order valence-corrected chi connectivity index (χ2v) is 7.34. The van der Waals surface area contributed by atoms with Crippen molar-refractivity contribution in [2.45, 2.75) is 19.4 Å². The molecule has 1 aliphatic rings. The predicted octanol–water partition coefficient (Wildman–Crippen LogP) is 4.35. The number of benzene rings is 3. The van der Waals surface area contributed by atoms with Gasteiger partial charge in [0.1, 0.15) is 5.92 Å². The van der Waals surface area contributed by atoms with Crippen LogP contribution in [0.5, 0.6) is 0 Å². The zero-order valence-electron chi connectivity index (χ0n) is 17.1. The minimum Gasteiger partial charge on any atom is -0.478 e. The van der Waals surface area contributed by atoms with E-state index in [9.17, 15) is 14.7 Å². The predicted molar refractivity (Wildman–Crippen MR) is 121 cm³/mol. The van der Waals surface area contributed by atoms with Crippen LogP contribution in [0.15, 0.2) is 77.8 Å². The molecule has 1 aliphatic heterocycles. The van der Waals surface area contributed by atoms with Gasteiger partial charge >= 0.3 is 5.97 Å². The number of nitrogens with one attached hydrogen (secondary N) is 2. The van der Waals surface area contributed by atoms with Gasteiger partial charge in [-0.3, -0.25) is 9.79 Å². The van der Waals surface area contributed by atoms with Crippen LogP contribution in [0, 0.1) is 0 Å². The molecule has 0 spiro atoms. The van der Waals surface area contributed by atoms with Crippen LogP contribution >= 0.6 is 0 Å². The summed E-state index contributed by atoms with van der Waals surface area (Å²) < 4.78 is 0. The Morgan fingerprint density at radius 2 is 1.77 bits per heavy atom. The summed E-state index contributed by atoms with van der Waals surface area (Å²) in [5, 5.41) is 15.4. The van der Waals surface area contributed by atoms with Crippen LogP contribution in [0.2, 0.25) is 0 Å². The quantitative estimate of drug-likeness (QED) is 0.502. The van der Waals surface area contributed by atoms with Gasteiger partial charge in [-0.05, 0) is 47.5 Å². The molecule has 0 saturated heterocycles. The first-order valence-electron chi connectivity index (χ1n) is 10.2. The first-order chi connectivity index (χ1) is 15.1. The summed E-state index contributed by atoms with van der Waals surface area (Å²) in [6.07, 6.45) is 0. The molecule has 4 rings (SSSR count). The van der Waals surface area contributed by atoms with E-state index in [1.165, 1.54) is 12.1 Å². The molecule has 0 aromatic heterocycles. The van der Waals surface area contributed by atoms with Crippen molar-refractivity contribution in [3.63, 3.8) is 0 Å².